The lowest BCUT2D eigenvalue weighted by atomic mass is 9.86. The number of rotatable bonds is 4. The SMILES string of the molecule is CC(=O)N[C@H]1CC[C@@H]1Nc1ncc(C(F)(F)F)c(-c2c[nH]c3cc(C#N)ccc23)n1. The Morgan fingerprint density at radius 1 is 1.30 bits per heavy atom. The fraction of sp³-hybridized carbons (Fsp3) is 0.300. The molecule has 3 N–H and O–H groups in total. The molecule has 1 aliphatic carbocycles. The summed E-state index contributed by atoms with van der Waals surface area (Å²) in [7, 11) is 0. The number of carbonyl (C=O) groups excluding carboxylic acids is 1. The van der Waals surface area contributed by atoms with Crippen molar-refractivity contribution in [2.45, 2.75) is 38.0 Å². The van der Waals surface area contributed by atoms with Gasteiger partial charge in [-0.3, -0.25) is 4.79 Å². The van der Waals surface area contributed by atoms with Crippen LogP contribution in [-0.4, -0.2) is 32.9 Å². The standard InChI is InChI=1S/C20H17F3N6O/c1-10(30)27-15-4-5-16(15)28-19-26-9-14(20(21,22)23)18(29-19)13-8-25-17-6-11(7-24)2-3-12(13)17/h2-3,6,8-9,15-16,25H,4-5H2,1H3,(H,27,30)(H,26,28,29)/t15-,16-/m0/s1. The fourth-order valence-corrected chi connectivity index (χ4v) is 3.53. The van der Waals surface area contributed by atoms with E-state index in [-0.39, 0.29) is 35.2 Å². The molecule has 0 radical (unpaired) electrons. The largest absolute Gasteiger partial charge is 0.419 e. The van der Waals surface area contributed by atoms with Crippen LogP contribution in [0.4, 0.5) is 19.1 Å². The monoisotopic (exact) mass is 414 g/mol. The Morgan fingerprint density at radius 3 is 2.70 bits per heavy atom. The van der Waals surface area contributed by atoms with Gasteiger partial charge in [-0.2, -0.15) is 18.4 Å². The second kappa shape index (κ2) is 7.33. The highest BCUT2D eigenvalue weighted by Gasteiger charge is 2.37. The predicted molar refractivity (Wildman–Crippen MR) is 103 cm³/mol. The molecule has 0 unspecified atom stereocenters. The van der Waals surface area contributed by atoms with Gasteiger partial charge >= 0.3 is 6.18 Å². The number of hydrogen-bond acceptors (Lipinski definition) is 5. The highest BCUT2D eigenvalue weighted by Crippen LogP contribution is 2.39. The lowest BCUT2D eigenvalue weighted by Gasteiger charge is -2.37. The molecule has 3 aromatic rings. The zero-order chi connectivity index (χ0) is 21.5. The quantitative estimate of drug-likeness (QED) is 0.605. The van der Waals surface area contributed by atoms with Crippen LogP contribution in [0.3, 0.4) is 0 Å². The molecule has 1 aromatic carbocycles. The van der Waals surface area contributed by atoms with Crippen LogP contribution in [0.1, 0.15) is 30.9 Å². The fourth-order valence-electron chi connectivity index (χ4n) is 3.53. The third kappa shape index (κ3) is 3.66. The molecule has 1 saturated carbocycles. The minimum absolute atomic E-state index is 0.0565. The molecule has 154 valence electrons. The third-order valence-electron chi connectivity index (χ3n) is 5.14. The van der Waals surface area contributed by atoms with E-state index in [1.807, 2.05) is 6.07 Å². The van der Waals surface area contributed by atoms with Gasteiger partial charge in [-0.15, -0.1) is 0 Å². The minimum atomic E-state index is -4.64. The lowest BCUT2D eigenvalue weighted by molar-refractivity contribution is -0.137. The van der Waals surface area contributed by atoms with Crippen molar-refractivity contribution in [3.8, 4) is 17.3 Å². The van der Waals surface area contributed by atoms with Crippen LogP contribution >= 0.6 is 0 Å². The number of benzene rings is 1. The van der Waals surface area contributed by atoms with Crippen molar-refractivity contribution in [3.63, 3.8) is 0 Å². The number of halogens is 3. The molecule has 1 amide bonds. The Morgan fingerprint density at radius 2 is 2.07 bits per heavy atom. The van der Waals surface area contributed by atoms with Crippen molar-refractivity contribution in [3.05, 3.63) is 41.7 Å². The molecule has 10 heteroatoms. The number of aromatic nitrogens is 3. The van der Waals surface area contributed by atoms with Gasteiger partial charge in [0.25, 0.3) is 0 Å². The van der Waals surface area contributed by atoms with Gasteiger partial charge < -0.3 is 15.6 Å². The van der Waals surface area contributed by atoms with Gasteiger partial charge in [0.2, 0.25) is 11.9 Å². The molecule has 7 nitrogen and oxygen atoms in total. The van der Waals surface area contributed by atoms with Gasteiger partial charge in [-0.05, 0) is 25.0 Å². The van der Waals surface area contributed by atoms with Gasteiger partial charge in [0.05, 0.1) is 17.3 Å². The van der Waals surface area contributed by atoms with Crippen LogP contribution in [0.15, 0.2) is 30.6 Å². The first-order valence-electron chi connectivity index (χ1n) is 9.25. The molecule has 1 aliphatic rings. The average molecular weight is 414 g/mol. The van der Waals surface area contributed by atoms with Crippen LogP contribution in [0.2, 0.25) is 0 Å². The molecular formula is C20H17F3N6O. The Balaban J connectivity index is 1.73. The molecule has 0 spiro atoms. The zero-order valence-electron chi connectivity index (χ0n) is 15.8. The Bertz CT molecular complexity index is 1160. The number of nitrogens with zero attached hydrogens (tertiary/aromatic N) is 3. The van der Waals surface area contributed by atoms with Crippen molar-refractivity contribution >= 4 is 22.8 Å². The normalized spacial score (nSPS) is 18.5. The minimum Gasteiger partial charge on any atom is -0.360 e. The van der Waals surface area contributed by atoms with Crippen LogP contribution in [-0.2, 0) is 11.0 Å². The number of H-pyrrole nitrogens is 1. The highest BCUT2D eigenvalue weighted by molar-refractivity contribution is 5.96. The molecule has 30 heavy (non-hydrogen) atoms. The number of aromatic amines is 1. The highest BCUT2D eigenvalue weighted by atomic mass is 19.4. The number of hydrogen-bond donors (Lipinski definition) is 3. The third-order valence-corrected chi connectivity index (χ3v) is 5.14. The number of nitrogens with one attached hydrogen (secondary N) is 3. The van der Waals surface area contributed by atoms with Crippen LogP contribution < -0.4 is 10.6 Å². The van der Waals surface area contributed by atoms with E-state index in [2.05, 4.69) is 25.6 Å². The van der Waals surface area contributed by atoms with E-state index >= 15 is 0 Å². The van der Waals surface area contributed by atoms with E-state index in [1.54, 1.807) is 18.2 Å². The Hall–Kier alpha value is -3.61. The Labute approximate surface area is 169 Å². The summed E-state index contributed by atoms with van der Waals surface area (Å²) in [4.78, 5) is 22.2. The molecule has 1 fully saturated rings. The molecule has 0 saturated heterocycles. The average Bonchev–Trinajstić information content (AvgIpc) is 3.11. The summed E-state index contributed by atoms with van der Waals surface area (Å²) in [6.45, 7) is 1.41. The number of anilines is 1. The van der Waals surface area contributed by atoms with Crippen LogP contribution in [0.5, 0.6) is 0 Å². The van der Waals surface area contributed by atoms with E-state index in [9.17, 15) is 18.0 Å². The van der Waals surface area contributed by atoms with Crippen LogP contribution in [0.25, 0.3) is 22.2 Å². The maximum atomic E-state index is 13.6. The number of amides is 1. The molecule has 2 atom stereocenters. The molecular weight excluding hydrogens is 397 g/mol. The maximum Gasteiger partial charge on any atom is 0.419 e. The predicted octanol–water partition coefficient (Wildman–Crippen LogP) is 3.59. The van der Waals surface area contributed by atoms with Crippen molar-refractivity contribution < 1.29 is 18.0 Å². The van der Waals surface area contributed by atoms with Gasteiger partial charge in [0, 0.05) is 47.9 Å². The van der Waals surface area contributed by atoms with Gasteiger partial charge in [-0.1, -0.05) is 6.07 Å². The lowest BCUT2D eigenvalue weighted by Crippen LogP contribution is -2.53. The second-order valence-corrected chi connectivity index (χ2v) is 7.16. The topological polar surface area (TPSA) is 106 Å². The number of carbonyl (C=O) groups is 1. The first-order valence-corrected chi connectivity index (χ1v) is 9.25. The zero-order valence-corrected chi connectivity index (χ0v) is 15.8. The summed E-state index contributed by atoms with van der Waals surface area (Å²) in [6.07, 6.45) is -0.918. The number of nitriles is 1. The van der Waals surface area contributed by atoms with E-state index in [4.69, 9.17) is 5.26 Å². The van der Waals surface area contributed by atoms with Gasteiger partial charge in [0.1, 0.15) is 5.56 Å². The number of alkyl halides is 3. The summed E-state index contributed by atoms with van der Waals surface area (Å²) < 4.78 is 40.9. The summed E-state index contributed by atoms with van der Waals surface area (Å²) in [5.74, 6) is -0.114. The molecule has 0 aliphatic heterocycles. The number of fused-ring (bicyclic) bond motifs is 1. The summed E-state index contributed by atoms with van der Waals surface area (Å²) in [5.41, 5.74) is -0.0167. The molecule has 2 heterocycles. The van der Waals surface area contributed by atoms with Crippen molar-refractivity contribution in [2.75, 3.05) is 5.32 Å². The van der Waals surface area contributed by atoms with Crippen molar-refractivity contribution in [1.82, 2.24) is 20.3 Å². The molecule has 4 rings (SSSR count). The van der Waals surface area contributed by atoms with E-state index in [0.717, 1.165) is 19.0 Å². The van der Waals surface area contributed by atoms with Gasteiger partial charge in [-0.25, -0.2) is 9.97 Å². The maximum absolute atomic E-state index is 13.6. The van der Waals surface area contributed by atoms with Crippen molar-refractivity contribution in [2.24, 2.45) is 0 Å². The van der Waals surface area contributed by atoms with Gasteiger partial charge in [0.15, 0.2) is 0 Å². The summed E-state index contributed by atoms with van der Waals surface area (Å²) in [6, 6.07) is 6.43. The van der Waals surface area contributed by atoms with E-state index < -0.39 is 11.7 Å². The second-order valence-electron chi connectivity index (χ2n) is 7.16. The summed E-state index contributed by atoms with van der Waals surface area (Å²) >= 11 is 0. The van der Waals surface area contributed by atoms with E-state index in [0.29, 0.717) is 16.5 Å². The van der Waals surface area contributed by atoms with Crippen molar-refractivity contribution in [1.29, 1.82) is 5.26 Å². The van der Waals surface area contributed by atoms with Crippen LogP contribution in [0, 0.1) is 11.3 Å². The molecule has 2 aromatic heterocycles. The Kier molecular flexibility index (Phi) is 4.81. The first kappa shape index (κ1) is 19.7. The van der Waals surface area contributed by atoms with E-state index in [1.165, 1.54) is 13.1 Å². The summed E-state index contributed by atoms with van der Waals surface area (Å²) in [5, 5.41) is 15.4. The first-order chi connectivity index (χ1) is 14.3. The smallest absolute Gasteiger partial charge is 0.360 e. The molecule has 0 bridgehead atoms.